The predicted molar refractivity (Wildman–Crippen MR) is 153 cm³/mol. The number of fused-ring (bicyclic) bond motifs is 2. The number of likely N-dealkylation sites (tertiary alicyclic amines) is 1. The van der Waals surface area contributed by atoms with Gasteiger partial charge in [-0.05, 0) is 54.4 Å². The standard InChI is InChI=1S/C31H28FN7O2/c1-3-28(40)37-17-24(18-37)38-16-22(15-35-38)30-31(25-7-6-23(32)13-27(25)41-2)39-26(9-11-34-39)29(36-30)20-4-5-21-14-33-10-8-19(21)12-20/h3-7,9,11-13,15-16,24,33H,1,8,10,14,17-18H2,2H3. The van der Waals surface area contributed by atoms with Crippen molar-refractivity contribution in [2.24, 2.45) is 0 Å². The molecule has 5 aromatic rings. The minimum absolute atomic E-state index is 0.0543. The molecule has 2 aliphatic rings. The lowest BCUT2D eigenvalue weighted by Gasteiger charge is -2.38. The van der Waals surface area contributed by atoms with Crippen molar-refractivity contribution in [3.63, 3.8) is 0 Å². The van der Waals surface area contributed by atoms with Gasteiger partial charge in [0, 0.05) is 48.6 Å². The Kier molecular flexibility index (Phi) is 6.12. The van der Waals surface area contributed by atoms with Crippen LogP contribution in [0.25, 0.3) is 39.3 Å². The van der Waals surface area contributed by atoms with Crippen LogP contribution in [0.5, 0.6) is 5.75 Å². The van der Waals surface area contributed by atoms with E-state index >= 15 is 0 Å². The number of carbonyl (C=O) groups is 1. The van der Waals surface area contributed by atoms with Crippen LogP contribution in [0, 0.1) is 5.82 Å². The third kappa shape index (κ3) is 4.27. The molecule has 9 nitrogen and oxygen atoms in total. The van der Waals surface area contributed by atoms with E-state index in [1.807, 2.05) is 21.5 Å². The summed E-state index contributed by atoms with van der Waals surface area (Å²) in [6, 6.07) is 12.9. The van der Waals surface area contributed by atoms with Gasteiger partial charge in [0.2, 0.25) is 5.91 Å². The molecule has 0 saturated carbocycles. The zero-order valence-corrected chi connectivity index (χ0v) is 22.5. The number of aromatic nitrogens is 5. The maximum absolute atomic E-state index is 14.2. The molecule has 3 aromatic heterocycles. The highest BCUT2D eigenvalue weighted by molar-refractivity contribution is 5.89. The summed E-state index contributed by atoms with van der Waals surface area (Å²) in [5, 5.41) is 12.8. The number of nitrogens with one attached hydrogen (secondary N) is 1. The highest BCUT2D eigenvalue weighted by Gasteiger charge is 2.32. The minimum atomic E-state index is -0.395. The number of hydrogen-bond donors (Lipinski definition) is 1. The van der Waals surface area contributed by atoms with Crippen LogP contribution in [0.1, 0.15) is 17.2 Å². The smallest absolute Gasteiger partial charge is 0.246 e. The first-order chi connectivity index (χ1) is 20.0. The van der Waals surface area contributed by atoms with Crippen LogP contribution in [-0.4, -0.2) is 61.9 Å². The molecule has 0 unspecified atom stereocenters. The number of rotatable bonds is 6. The average Bonchev–Trinajstić information content (AvgIpc) is 3.66. The summed E-state index contributed by atoms with van der Waals surface area (Å²) >= 11 is 0. The van der Waals surface area contributed by atoms with Crippen molar-refractivity contribution in [2.45, 2.75) is 19.0 Å². The number of amides is 1. The summed E-state index contributed by atoms with van der Waals surface area (Å²) in [5.74, 6) is -0.104. The Balaban J connectivity index is 1.41. The predicted octanol–water partition coefficient (Wildman–Crippen LogP) is 4.29. The van der Waals surface area contributed by atoms with Gasteiger partial charge in [0.15, 0.2) is 0 Å². The number of benzene rings is 2. The van der Waals surface area contributed by atoms with Crippen LogP contribution in [0.2, 0.25) is 0 Å². The lowest BCUT2D eigenvalue weighted by atomic mass is 9.96. The molecule has 0 radical (unpaired) electrons. The van der Waals surface area contributed by atoms with E-state index < -0.39 is 5.82 Å². The number of carbonyl (C=O) groups excluding carboxylic acids is 1. The molecular formula is C31H28FN7O2. The Hall–Kier alpha value is -4.83. The van der Waals surface area contributed by atoms with Crippen LogP contribution < -0.4 is 10.1 Å². The molecule has 1 saturated heterocycles. The van der Waals surface area contributed by atoms with E-state index in [1.165, 1.54) is 36.4 Å². The lowest BCUT2D eigenvalue weighted by molar-refractivity contribution is -0.131. The summed E-state index contributed by atoms with van der Waals surface area (Å²) in [6.07, 6.45) is 7.75. The van der Waals surface area contributed by atoms with Crippen molar-refractivity contribution in [1.29, 1.82) is 0 Å². The summed E-state index contributed by atoms with van der Waals surface area (Å²) in [7, 11) is 1.52. The Morgan fingerprint density at radius 2 is 1.98 bits per heavy atom. The first kappa shape index (κ1) is 25.2. The summed E-state index contributed by atoms with van der Waals surface area (Å²) in [5.41, 5.74) is 7.98. The van der Waals surface area contributed by atoms with Crippen LogP contribution in [0.15, 0.2) is 73.7 Å². The second-order valence-electron chi connectivity index (χ2n) is 10.4. The monoisotopic (exact) mass is 549 g/mol. The van der Waals surface area contributed by atoms with Crippen molar-refractivity contribution in [3.05, 3.63) is 90.7 Å². The van der Waals surface area contributed by atoms with E-state index in [0.717, 1.165) is 41.8 Å². The fourth-order valence-corrected chi connectivity index (χ4v) is 5.72. The van der Waals surface area contributed by atoms with Crippen molar-refractivity contribution >= 4 is 11.4 Å². The molecule has 7 rings (SSSR count). The van der Waals surface area contributed by atoms with Gasteiger partial charge in [0.05, 0.1) is 36.8 Å². The lowest BCUT2D eigenvalue weighted by Crippen LogP contribution is -2.50. The molecule has 41 heavy (non-hydrogen) atoms. The molecule has 0 atom stereocenters. The first-order valence-electron chi connectivity index (χ1n) is 13.5. The van der Waals surface area contributed by atoms with Crippen molar-refractivity contribution in [1.82, 2.24) is 34.6 Å². The molecule has 0 spiro atoms. The number of halogens is 1. The van der Waals surface area contributed by atoms with Crippen molar-refractivity contribution in [3.8, 4) is 39.5 Å². The van der Waals surface area contributed by atoms with Gasteiger partial charge in [-0.1, -0.05) is 18.7 Å². The number of hydrogen-bond acceptors (Lipinski definition) is 6. The van der Waals surface area contributed by atoms with Crippen LogP contribution in [0.4, 0.5) is 4.39 Å². The van der Waals surface area contributed by atoms with Crippen LogP contribution in [0.3, 0.4) is 0 Å². The zero-order chi connectivity index (χ0) is 28.1. The maximum Gasteiger partial charge on any atom is 0.246 e. The fourth-order valence-electron chi connectivity index (χ4n) is 5.72. The third-order valence-electron chi connectivity index (χ3n) is 7.93. The molecule has 5 heterocycles. The molecular weight excluding hydrogens is 521 g/mol. The topological polar surface area (TPSA) is 89.6 Å². The molecule has 0 bridgehead atoms. The highest BCUT2D eigenvalue weighted by Crippen LogP contribution is 2.40. The normalized spacial score (nSPS) is 15.0. The van der Waals surface area contributed by atoms with Crippen molar-refractivity contribution in [2.75, 3.05) is 26.7 Å². The average molecular weight is 550 g/mol. The zero-order valence-electron chi connectivity index (χ0n) is 22.5. The van der Waals surface area contributed by atoms with E-state index in [4.69, 9.17) is 14.8 Å². The minimum Gasteiger partial charge on any atom is -0.496 e. The molecule has 206 valence electrons. The molecule has 10 heteroatoms. The SMILES string of the molecule is C=CC(=O)N1CC(n2cc(-c3nc(-c4ccc5c(c4)CCNC5)c4ccnn4c3-c3ccc(F)cc3OC)cn2)C1. The van der Waals surface area contributed by atoms with Gasteiger partial charge >= 0.3 is 0 Å². The van der Waals surface area contributed by atoms with Gasteiger partial charge in [-0.3, -0.25) is 9.48 Å². The Bertz CT molecular complexity index is 1820. The van der Waals surface area contributed by atoms with E-state index in [2.05, 4.69) is 35.2 Å². The van der Waals surface area contributed by atoms with Gasteiger partial charge in [0.1, 0.15) is 23.0 Å². The molecule has 1 fully saturated rings. The van der Waals surface area contributed by atoms with Gasteiger partial charge in [-0.2, -0.15) is 10.2 Å². The van der Waals surface area contributed by atoms with Crippen molar-refractivity contribution < 1.29 is 13.9 Å². The molecule has 1 amide bonds. The van der Waals surface area contributed by atoms with Gasteiger partial charge in [-0.25, -0.2) is 13.9 Å². The van der Waals surface area contributed by atoms with Gasteiger partial charge in [-0.15, -0.1) is 0 Å². The Morgan fingerprint density at radius 1 is 1.10 bits per heavy atom. The summed E-state index contributed by atoms with van der Waals surface area (Å²) < 4.78 is 23.6. The molecule has 2 aromatic carbocycles. The van der Waals surface area contributed by atoms with E-state index in [9.17, 15) is 9.18 Å². The largest absolute Gasteiger partial charge is 0.496 e. The first-order valence-corrected chi connectivity index (χ1v) is 13.5. The van der Waals surface area contributed by atoms with Gasteiger partial charge in [0.25, 0.3) is 0 Å². The van der Waals surface area contributed by atoms with Gasteiger partial charge < -0.3 is 15.0 Å². The number of nitrogens with zero attached hydrogens (tertiary/aromatic N) is 6. The second kappa shape index (κ2) is 9.97. The number of ether oxygens (including phenoxy) is 1. The third-order valence-corrected chi connectivity index (χ3v) is 7.93. The second-order valence-corrected chi connectivity index (χ2v) is 10.4. The fraction of sp³-hybridized carbons (Fsp3) is 0.226. The molecule has 1 N–H and O–H groups in total. The molecule has 2 aliphatic heterocycles. The maximum atomic E-state index is 14.2. The Morgan fingerprint density at radius 3 is 2.80 bits per heavy atom. The summed E-state index contributed by atoms with van der Waals surface area (Å²) in [6.45, 7) is 6.49. The van der Waals surface area contributed by atoms with Crippen LogP contribution in [-0.2, 0) is 17.8 Å². The Labute approximate surface area is 235 Å². The quantitative estimate of drug-likeness (QED) is 0.318. The van der Waals surface area contributed by atoms with E-state index in [-0.39, 0.29) is 11.9 Å². The van der Waals surface area contributed by atoms with E-state index in [1.54, 1.807) is 23.4 Å². The summed E-state index contributed by atoms with van der Waals surface area (Å²) in [4.78, 5) is 18.9. The van der Waals surface area contributed by atoms with E-state index in [0.29, 0.717) is 35.8 Å². The van der Waals surface area contributed by atoms with Crippen LogP contribution >= 0.6 is 0 Å². The number of methoxy groups -OCH3 is 1. The highest BCUT2D eigenvalue weighted by atomic mass is 19.1. The molecule has 0 aliphatic carbocycles.